The number of amides is 1. The fourth-order valence-electron chi connectivity index (χ4n) is 1.48. The first-order valence-electron chi connectivity index (χ1n) is 5.97. The van der Waals surface area contributed by atoms with Crippen molar-refractivity contribution in [3.63, 3.8) is 0 Å². The maximum absolute atomic E-state index is 13.9. The van der Waals surface area contributed by atoms with Crippen LogP contribution in [0.2, 0.25) is 0 Å². The zero-order chi connectivity index (χ0) is 16.2. The Labute approximate surface area is 125 Å². The molecule has 9 heteroatoms. The lowest BCUT2D eigenvalue weighted by Gasteiger charge is -2.10. The minimum atomic E-state index is -4.42. The van der Waals surface area contributed by atoms with E-state index in [0.29, 0.717) is 12.1 Å². The Morgan fingerprint density at radius 1 is 1.38 bits per heavy atom. The number of carbonyl (C=O) groups is 1. The number of ether oxygens (including phenoxy) is 1. The van der Waals surface area contributed by atoms with Gasteiger partial charge in [0.1, 0.15) is 16.3 Å². The van der Waals surface area contributed by atoms with Gasteiger partial charge in [0.15, 0.2) is 5.82 Å². The minimum absolute atomic E-state index is 0.0216. The summed E-state index contributed by atoms with van der Waals surface area (Å²) in [7, 11) is 0.596. The fraction of sp³-hybridized carbons (Fsp3) is 0.417. The SMILES string of the molecule is CC(C)OCCNC(=O)c1c(F)ccc(S(=O)(=O)Cl)c1F. The smallest absolute Gasteiger partial charge is 0.264 e. The Hall–Kier alpha value is -1.25. The van der Waals surface area contributed by atoms with E-state index in [1.165, 1.54) is 0 Å². The third-order valence-electron chi connectivity index (χ3n) is 2.38. The second-order valence-electron chi connectivity index (χ2n) is 4.35. The first-order valence-corrected chi connectivity index (χ1v) is 8.28. The van der Waals surface area contributed by atoms with Crippen molar-refractivity contribution in [1.29, 1.82) is 0 Å². The monoisotopic (exact) mass is 341 g/mol. The highest BCUT2D eigenvalue weighted by molar-refractivity contribution is 8.13. The Bertz CT molecular complexity index is 634. The summed E-state index contributed by atoms with van der Waals surface area (Å²) < 4.78 is 54.9. The lowest BCUT2D eigenvalue weighted by molar-refractivity contribution is 0.0743. The van der Waals surface area contributed by atoms with Crippen molar-refractivity contribution in [2.45, 2.75) is 24.8 Å². The van der Waals surface area contributed by atoms with Gasteiger partial charge in [-0.15, -0.1) is 0 Å². The highest BCUT2D eigenvalue weighted by Gasteiger charge is 2.25. The number of halogens is 3. The second-order valence-corrected chi connectivity index (χ2v) is 6.88. The normalized spacial score (nSPS) is 11.7. The van der Waals surface area contributed by atoms with Crippen molar-refractivity contribution in [3.05, 3.63) is 29.3 Å². The van der Waals surface area contributed by atoms with Crippen molar-refractivity contribution in [1.82, 2.24) is 5.32 Å². The molecule has 0 bridgehead atoms. The van der Waals surface area contributed by atoms with E-state index < -0.39 is 37.1 Å². The Morgan fingerprint density at radius 3 is 2.52 bits per heavy atom. The van der Waals surface area contributed by atoms with E-state index in [1.807, 2.05) is 0 Å². The van der Waals surface area contributed by atoms with Crippen molar-refractivity contribution in [2.75, 3.05) is 13.2 Å². The zero-order valence-corrected chi connectivity index (χ0v) is 12.9. The quantitative estimate of drug-likeness (QED) is 0.635. The zero-order valence-electron chi connectivity index (χ0n) is 11.3. The molecule has 0 spiro atoms. The van der Waals surface area contributed by atoms with Gasteiger partial charge in [0.2, 0.25) is 0 Å². The molecule has 0 saturated carbocycles. The topological polar surface area (TPSA) is 72.5 Å². The maximum Gasteiger partial charge on any atom is 0.264 e. The van der Waals surface area contributed by atoms with Crippen LogP contribution in [0.25, 0.3) is 0 Å². The van der Waals surface area contributed by atoms with E-state index >= 15 is 0 Å². The van der Waals surface area contributed by atoms with Crippen LogP contribution in [-0.4, -0.2) is 33.6 Å². The Balaban J connectivity index is 2.94. The molecule has 0 aromatic heterocycles. The van der Waals surface area contributed by atoms with Crippen LogP contribution in [0.3, 0.4) is 0 Å². The molecule has 0 atom stereocenters. The first kappa shape index (κ1) is 17.8. The Morgan fingerprint density at radius 2 is 2.00 bits per heavy atom. The van der Waals surface area contributed by atoms with Crippen molar-refractivity contribution in [2.24, 2.45) is 0 Å². The molecule has 0 fully saturated rings. The molecule has 0 saturated heterocycles. The molecular weight excluding hydrogens is 328 g/mol. The fourth-order valence-corrected chi connectivity index (χ4v) is 2.38. The van der Waals surface area contributed by atoms with Gasteiger partial charge in [-0.05, 0) is 26.0 Å². The number of hydrogen-bond acceptors (Lipinski definition) is 4. The third kappa shape index (κ3) is 4.90. The highest BCUT2D eigenvalue weighted by atomic mass is 35.7. The van der Waals surface area contributed by atoms with Gasteiger partial charge in [0.25, 0.3) is 15.0 Å². The highest BCUT2D eigenvalue weighted by Crippen LogP contribution is 2.23. The predicted octanol–water partition coefficient (Wildman–Crippen LogP) is 2.05. The third-order valence-corrected chi connectivity index (χ3v) is 3.72. The Kier molecular flexibility index (Phi) is 6.06. The van der Waals surface area contributed by atoms with Gasteiger partial charge in [-0.2, -0.15) is 0 Å². The van der Waals surface area contributed by atoms with Gasteiger partial charge in [-0.25, -0.2) is 17.2 Å². The average molecular weight is 342 g/mol. The molecule has 1 amide bonds. The number of benzene rings is 1. The standard InChI is InChI=1S/C12H14ClF2NO4S/c1-7(2)20-6-5-16-12(17)10-8(14)3-4-9(11(10)15)21(13,18)19/h3-4,7H,5-6H2,1-2H3,(H,16,17). The molecule has 1 aromatic rings. The van der Waals surface area contributed by atoms with Gasteiger partial charge in [0.05, 0.1) is 12.7 Å². The molecule has 118 valence electrons. The van der Waals surface area contributed by atoms with Crippen LogP contribution < -0.4 is 5.32 Å². The first-order chi connectivity index (χ1) is 9.64. The van der Waals surface area contributed by atoms with Crippen LogP contribution in [0.1, 0.15) is 24.2 Å². The molecule has 5 nitrogen and oxygen atoms in total. The van der Waals surface area contributed by atoms with Crippen LogP contribution in [-0.2, 0) is 13.8 Å². The molecule has 0 radical (unpaired) electrons. The molecule has 1 aromatic carbocycles. The van der Waals surface area contributed by atoms with Gasteiger partial charge in [-0.3, -0.25) is 4.79 Å². The molecule has 0 aliphatic rings. The molecule has 21 heavy (non-hydrogen) atoms. The van der Waals surface area contributed by atoms with Crippen molar-refractivity contribution in [3.8, 4) is 0 Å². The molecule has 1 N–H and O–H groups in total. The number of carbonyl (C=O) groups excluding carboxylic acids is 1. The number of rotatable bonds is 6. The molecular formula is C12H14ClF2NO4S. The molecule has 0 aliphatic carbocycles. The van der Waals surface area contributed by atoms with Crippen LogP contribution >= 0.6 is 10.7 Å². The number of hydrogen-bond donors (Lipinski definition) is 1. The minimum Gasteiger partial charge on any atom is -0.377 e. The summed E-state index contributed by atoms with van der Waals surface area (Å²) in [4.78, 5) is 10.8. The predicted molar refractivity (Wildman–Crippen MR) is 72.8 cm³/mol. The van der Waals surface area contributed by atoms with Crippen molar-refractivity contribution >= 4 is 25.6 Å². The van der Waals surface area contributed by atoms with Crippen LogP contribution in [0.4, 0.5) is 8.78 Å². The van der Waals surface area contributed by atoms with E-state index in [-0.39, 0.29) is 19.3 Å². The van der Waals surface area contributed by atoms with Crippen molar-refractivity contribution < 1.29 is 26.7 Å². The summed E-state index contributed by atoms with van der Waals surface area (Å²) in [5.41, 5.74) is -0.999. The van der Waals surface area contributed by atoms with Crippen LogP contribution in [0.15, 0.2) is 17.0 Å². The van der Waals surface area contributed by atoms with Gasteiger partial charge < -0.3 is 10.1 Å². The van der Waals surface area contributed by atoms with E-state index in [4.69, 9.17) is 15.4 Å². The van der Waals surface area contributed by atoms with Gasteiger partial charge >= 0.3 is 0 Å². The average Bonchev–Trinajstić information content (AvgIpc) is 2.32. The van der Waals surface area contributed by atoms with Gasteiger partial charge in [0, 0.05) is 17.2 Å². The summed E-state index contributed by atoms with van der Waals surface area (Å²) in [5, 5.41) is 2.23. The summed E-state index contributed by atoms with van der Waals surface area (Å²) in [6, 6.07) is 1.32. The molecule has 1 rings (SSSR count). The van der Waals surface area contributed by atoms with E-state index in [0.717, 1.165) is 0 Å². The summed E-state index contributed by atoms with van der Waals surface area (Å²) in [6.45, 7) is 3.75. The summed E-state index contributed by atoms with van der Waals surface area (Å²) >= 11 is 0. The maximum atomic E-state index is 13.9. The summed E-state index contributed by atoms with van der Waals surface area (Å²) in [5.74, 6) is -3.79. The lowest BCUT2D eigenvalue weighted by Crippen LogP contribution is -2.30. The van der Waals surface area contributed by atoms with Crippen LogP contribution in [0.5, 0.6) is 0 Å². The molecule has 0 heterocycles. The molecule has 0 unspecified atom stereocenters. The summed E-state index contributed by atoms with van der Waals surface area (Å²) in [6.07, 6.45) is -0.0555. The van der Waals surface area contributed by atoms with E-state index in [2.05, 4.69) is 5.32 Å². The van der Waals surface area contributed by atoms with Crippen LogP contribution in [0, 0.1) is 11.6 Å². The van der Waals surface area contributed by atoms with Gasteiger partial charge in [-0.1, -0.05) is 0 Å². The largest absolute Gasteiger partial charge is 0.377 e. The second kappa shape index (κ2) is 7.15. The molecule has 0 aliphatic heterocycles. The van der Waals surface area contributed by atoms with E-state index in [1.54, 1.807) is 13.8 Å². The number of nitrogens with one attached hydrogen (secondary N) is 1. The lowest BCUT2D eigenvalue weighted by atomic mass is 10.2. The van der Waals surface area contributed by atoms with E-state index in [9.17, 15) is 22.0 Å².